The van der Waals surface area contributed by atoms with E-state index in [-0.39, 0.29) is 64.1 Å². The van der Waals surface area contributed by atoms with E-state index in [4.69, 9.17) is 23.7 Å². The first-order chi connectivity index (χ1) is 23.5. The van der Waals surface area contributed by atoms with Crippen molar-refractivity contribution >= 4 is 61.0 Å². The van der Waals surface area contributed by atoms with Crippen LogP contribution >= 0.6 is 25.5 Å². The molecule has 0 saturated heterocycles. The number of nitrogens with zero attached hydrogens (tertiary/aromatic N) is 2. The molecular formula is C29H46N6O12S2. The molecule has 0 unspecified atom stereocenters. The highest BCUT2D eigenvalue weighted by Crippen LogP contribution is 2.25. The van der Waals surface area contributed by atoms with E-state index in [1.807, 2.05) is 0 Å². The minimum Gasteiger partial charge on any atom is -0.484 e. The van der Waals surface area contributed by atoms with Crippen LogP contribution in [0.2, 0.25) is 0 Å². The minimum atomic E-state index is -0.673. The van der Waals surface area contributed by atoms with Crippen molar-refractivity contribution in [1.29, 1.82) is 0 Å². The largest absolute Gasteiger partial charge is 0.484 e. The molecule has 1 aromatic carbocycles. The molecule has 1 rings (SSSR count). The van der Waals surface area contributed by atoms with Gasteiger partial charge in [-0.3, -0.25) is 28.8 Å². The first-order valence-corrected chi connectivity index (χ1v) is 15.8. The number of carbonyl (C=O) groups excluding carboxylic acids is 6. The van der Waals surface area contributed by atoms with E-state index in [0.29, 0.717) is 4.90 Å². The zero-order valence-corrected chi connectivity index (χ0v) is 29.6. The molecule has 20 heteroatoms. The van der Waals surface area contributed by atoms with Crippen molar-refractivity contribution in [1.82, 2.24) is 31.1 Å². The summed E-state index contributed by atoms with van der Waals surface area (Å²) in [6, 6.07) is 4.36. The predicted octanol–water partition coefficient (Wildman–Crippen LogP) is -2.34. The molecule has 276 valence electrons. The Kier molecular flexibility index (Phi) is 23.0. The van der Waals surface area contributed by atoms with Gasteiger partial charge in [-0.25, -0.2) is 0 Å². The number of hydrogen-bond acceptors (Lipinski definition) is 14. The summed E-state index contributed by atoms with van der Waals surface area (Å²) in [5, 5.41) is 10.3. The topological polar surface area (TPSA) is 212 Å². The Hall–Kier alpha value is -3.82. The second kappa shape index (κ2) is 26.1. The first-order valence-electron chi connectivity index (χ1n) is 15.0. The smallest absolute Gasteiger partial charge is 0.261 e. The molecule has 0 aliphatic carbocycles. The summed E-state index contributed by atoms with van der Waals surface area (Å²) in [5.74, 6) is -3.11. The van der Waals surface area contributed by atoms with E-state index in [1.54, 1.807) is 0 Å². The summed E-state index contributed by atoms with van der Waals surface area (Å²) in [6.45, 7) is -1.08. The fourth-order valence-electron chi connectivity index (χ4n) is 3.69. The first kappa shape index (κ1) is 43.2. The van der Waals surface area contributed by atoms with Crippen molar-refractivity contribution in [3.63, 3.8) is 0 Å². The normalized spacial score (nSPS) is 10.5. The zero-order valence-electron chi connectivity index (χ0n) is 27.8. The molecule has 49 heavy (non-hydrogen) atoms. The van der Waals surface area contributed by atoms with Crippen LogP contribution in [0, 0.1) is 0 Å². The Morgan fingerprint density at radius 1 is 0.571 bits per heavy atom. The van der Waals surface area contributed by atoms with Gasteiger partial charge in [-0.1, -0.05) is 0 Å². The van der Waals surface area contributed by atoms with Gasteiger partial charge in [0.2, 0.25) is 23.6 Å². The Morgan fingerprint density at radius 2 is 0.898 bits per heavy atom. The van der Waals surface area contributed by atoms with Gasteiger partial charge in [-0.2, -0.15) is 0 Å². The lowest BCUT2D eigenvalue weighted by molar-refractivity contribution is -0.141. The monoisotopic (exact) mass is 734 g/mol. The zero-order chi connectivity index (χ0) is 36.4. The van der Waals surface area contributed by atoms with Crippen LogP contribution in [-0.4, -0.2) is 159 Å². The van der Waals surface area contributed by atoms with Crippen molar-refractivity contribution in [2.75, 3.05) is 113 Å². The van der Waals surface area contributed by atoms with E-state index < -0.39 is 74.8 Å². The van der Waals surface area contributed by atoms with Crippen LogP contribution in [0.25, 0.3) is 0 Å². The molecule has 0 aliphatic heterocycles. The van der Waals surface area contributed by atoms with E-state index >= 15 is 0 Å². The van der Waals surface area contributed by atoms with E-state index in [9.17, 15) is 28.8 Å². The number of methoxy groups -OCH3 is 3. The average Bonchev–Trinajstić information content (AvgIpc) is 3.05. The van der Waals surface area contributed by atoms with Crippen LogP contribution in [0.4, 0.5) is 0 Å². The second-order valence-electron chi connectivity index (χ2n) is 9.95. The van der Waals surface area contributed by atoms with Crippen LogP contribution in [0.15, 0.2) is 23.1 Å². The molecule has 1 aromatic rings. The SMILES string of the molecule is COCCNC(=O)CN(CC(=O)NCCOC)C(=O)COc1cc(S)cc(OCC(=O)N(CC(=O)NCCOC)CC(=O)NCCOS)c1. The minimum absolute atomic E-state index is 0.131. The summed E-state index contributed by atoms with van der Waals surface area (Å²) < 4.78 is 30.6. The molecule has 0 spiro atoms. The second-order valence-corrected chi connectivity index (χ2v) is 10.7. The van der Waals surface area contributed by atoms with Crippen LogP contribution in [0.5, 0.6) is 11.5 Å². The maximum Gasteiger partial charge on any atom is 0.261 e. The van der Waals surface area contributed by atoms with Crippen molar-refractivity contribution in [2.45, 2.75) is 4.90 Å². The Morgan fingerprint density at radius 3 is 1.20 bits per heavy atom. The molecule has 0 aromatic heterocycles. The van der Waals surface area contributed by atoms with Gasteiger partial charge in [-0.05, 0) is 25.0 Å². The number of amides is 6. The molecule has 4 N–H and O–H groups in total. The number of nitrogens with one attached hydrogen (secondary N) is 4. The summed E-state index contributed by atoms with van der Waals surface area (Å²) in [6.07, 6.45) is 0. The quantitative estimate of drug-likeness (QED) is 0.0336. The fourth-order valence-corrected chi connectivity index (χ4v) is 4.04. The molecular weight excluding hydrogens is 688 g/mol. The van der Waals surface area contributed by atoms with Gasteiger partial charge < -0.3 is 58.9 Å². The van der Waals surface area contributed by atoms with E-state index in [0.717, 1.165) is 9.80 Å². The number of carbonyl (C=O) groups is 6. The maximum absolute atomic E-state index is 13.1. The number of ether oxygens (including phenoxy) is 5. The van der Waals surface area contributed by atoms with Crippen molar-refractivity contribution in [2.24, 2.45) is 0 Å². The van der Waals surface area contributed by atoms with Gasteiger partial charge in [0, 0.05) is 58.5 Å². The molecule has 0 aliphatic rings. The molecule has 18 nitrogen and oxygen atoms in total. The molecule has 0 bridgehead atoms. The molecule has 6 amide bonds. The van der Waals surface area contributed by atoms with Gasteiger partial charge >= 0.3 is 0 Å². The lowest BCUT2D eigenvalue weighted by Crippen LogP contribution is -2.48. The van der Waals surface area contributed by atoms with Crippen LogP contribution < -0.4 is 30.7 Å². The van der Waals surface area contributed by atoms with E-state index in [2.05, 4.69) is 51.0 Å². The summed E-state index contributed by atoms with van der Waals surface area (Å²) in [7, 11) is 4.43. The summed E-state index contributed by atoms with van der Waals surface area (Å²) >= 11 is 7.93. The van der Waals surface area contributed by atoms with Crippen LogP contribution in [0.3, 0.4) is 0 Å². The number of thiol groups is 2. The third kappa shape index (κ3) is 20.3. The lowest BCUT2D eigenvalue weighted by atomic mass is 10.3. The van der Waals surface area contributed by atoms with Gasteiger partial charge in [0.15, 0.2) is 13.2 Å². The molecule has 0 heterocycles. The summed E-state index contributed by atoms with van der Waals surface area (Å²) in [4.78, 5) is 78.0. The lowest BCUT2D eigenvalue weighted by Gasteiger charge is -2.22. The number of hydrogen-bond donors (Lipinski definition) is 6. The number of rotatable bonds is 26. The van der Waals surface area contributed by atoms with Crippen molar-refractivity contribution < 1.29 is 56.6 Å². The molecule has 0 radical (unpaired) electrons. The Labute approximate surface area is 296 Å². The standard InChI is InChI=1S/C29H46N6O12S2/c1-42-8-4-30-24(36)15-34(16-25(37)31-5-9-43-2)28(40)19-45-21-12-22(14-23(48)13-21)46-20-29(41)35(17-26(38)32-6-10-44-3)18-27(39)33-7-11-47-49/h12-14,48-49H,4-11,15-20H2,1-3H3,(H,30,36)(H,31,37)(H,32,38)(H,33,39). The number of benzene rings is 1. The van der Waals surface area contributed by atoms with Gasteiger partial charge in [0.1, 0.15) is 37.7 Å². The summed E-state index contributed by atoms with van der Waals surface area (Å²) in [5.41, 5.74) is 0. The highest BCUT2D eigenvalue weighted by atomic mass is 32.1. The molecule has 0 fully saturated rings. The Balaban J connectivity index is 2.92. The molecule has 0 atom stereocenters. The maximum atomic E-state index is 13.1. The highest BCUT2D eigenvalue weighted by Gasteiger charge is 2.23. The molecule has 0 saturated carbocycles. The van der Waals surface area contributed by atoms with Gasteiger partial charge in [-0.15, -0.1) is 12.6 Å². The van der Waals surface area contributed by atoms with E-state index in [1.165, 1.54) is 39.5 Å². The fraction of sp³-hybridized carbons (Fsp3) is 0.586. The average molecular weight is 735 g/mol. The third-order valence-corrected chi connectivity index (χ3v) is 6.47. The Bertz CT molecular complexity index is 1080. The van der Waals surface area contributed by atoms with Crippen LogP contribution in [-0.2, 0) is 47.2 Å². The van der Waals surface area contributed by atoms with Gasteiger partial charge in [0.05, 0.1) is 26.4 Å². The van der Waals surface area contributed by atoms with Gasteiger partial charge in [0.25, 0.3) is 11.8 Å². The van der Waals surface area contributed by atoms with Crippen LogP contribution in [0.1, 0.15) is 0 Å². The third-order valence-electron chi connectivity index (χ3n) is 6.03. The van der Waals surface area contributed by atoms with Crippen molar-refractivity contribution in [3.05, 3.63) is 18.2 Å². The van der Waals surface area contributed by atoms with Crippen molar-refractivity contribution in [3.8, 4) is 11.5 Å². The predicted molar refractivity (Wildman–Crippen MR) is 180 cm³/mol. The highest BCUT2D eigenvalue weighted by molar-refractivity contribution is 7.80.